The van der Waals surface area contributed by atoms with Gasteiger partial charge in [0.2, 0.25) is 11.0 Å². The smallest absolute Gasteiger partial charge is 0.352 e. The number of phenols is 2. The number of fused-ring (bicyclic) bond motifs is 2. The van der Waals surface area contributed by atoms with E-state index in [1.807, 2.05) is 6.92 Å². The molecule has 3 aliphatic heterocycles. The van der Waals surface area contributed by atoms with E-state index in [0.717, 1.165) is 29.1 Å². The Morgan fingerprint density at radius 2 is 1.83 bits per heavy atom. The highest BCUT2D eigenvalue weighted by Crippen LogP contribution is 2.42. The standard InChI is InChI=1S/C32H36N8O10S2/c1-4-38-19-10-21(42)20(41)9-16(19)25(43)17(36-38)12-40(7-5-6-8-40)11-15-13-51-28-23(27(45)39(28)24(15)29(46)47)35-26(44)22(18-14-52-31(33)34-18)37-50-32(2,3)30(48)49/h9-10,14,23,28H,4-8,11-13H2,1-3H3,(H6-,33,34,35,36,37,41,42,43,44,46,47,48,49)/p+1. The number of aliphatic carboxylic acids is 2. The number of aromatic nitrogens is 3. The van der Waals surface area contributed by atoms with Gasteiger partial charge >= 0.3 is 11.9 Å². The number of thioether (sulfide) groups is 1. The number of hydrogen-bond acceptors (Lipinski definition) is 14. The van der Waals surface area contributed by atoms with Gasteiger partial charge in [-0.1, -0.05) is 5.16 Å². The number of hydrogen-bond donors (Lipinski definition) is 6. The minimum absolute atomic E-state index is 0.00398. The zero-order valence-corrected chi connectivity index (χ0v) is 30.0. The molecule has 5 heterocycles. The van der Waals surface area contributed by atoms with Crippen molar-refractivity contribution in [2.75, 3.05) is 31.1 Å². The monoisotopic (exact) mass is 757 g/mol. The van der Waals surface area contributed by atoms with E-state index in [9.17, 15) is 44.4 Å². The van der Waals surface area contributed by atoms with E-state index in [2.05, 4.69) is 20.6 Å². The molecule has 0 saturated carbocycles. The molecular formula is C32H37N8O10S2+. The van der Waals surface area contributed by atoms with E-state index in [4.69, 9.17) is 10.6 Å². The summed E-state index contributed by atoms with van der Waals surface area (Å²) in [6.07, 6.45) is 1.66. The first-order valence-corrected chi connectivity index (χ1v) is 18.2. The summed E-state index contributed by atoms with van der Waals surface area (Å²) in [7, 11) is 0. The van der Waals surface area contributed by atoms with E-state index < -0.39 is 57.7 Å². The van der Waals surface area contributed by atoms with Gasteiger partial charge in [0.15, 0.2) is 28.0 Å². The van der Waals surface area contributed by atoms with E-state index in [1.165, 1.54) is 43.1 Å². The number of benzene rings is 1. The molecule has 3 aromatic rings. The Kier molecular flexibility index (Phi) is 9.66. The van der Waals surface area contributed by atoms with Crippen molar-refractivity contribution in [2.45, 2.75) is 63.7 Å². The number of rotatable bonds is 12. The van der Waals surface area contributed by atoms with Gasteiger partial charge in [0.25, 0.3) is 11.8 Å². The summed E-state index contributed by atoms with van der Waals surface area (Å²) in [4.78, 5) is 75.4. The first kappa shape index (κ1) is 36.6. The molecule has 6 rings (SSSR count). The highest BCUT2D eigenvalue weighted by molar-refractivity contribution is 8.00. The van der Waals surface area contributed by atoms with E-state index in [-0.39, 0.29) is 52.2 Å². The Morgan fingerprint density at radius 3 is 2.44 bits per heavy atom. The minimum atomic E-state index is -1.80. The fraction of sp³-hybridized carbons (Fsp3) is 0.438. The Labute approximate surface area is 303 Å². The lowest BCUT2D eigenvalue weighted by molar-refractivity contribution is -0.925. The van der Waals surface area contributed by atoms with Crippen LogP contribution < -0.4 is 16.5 Å². The number of quaternary nitrogens is 1. The van der Waals surface area contributed by atoms with Crippen LogP contribution in [0.1, 0.15) is 45.0 Å². The highest BCUT2D eigenvalue weighted by atomic mass is 32.2. The SMILES string of the molecule is CCn1nc(C[N+]2(CC3=C(C(=O)O)N4C(=O)C(NC(=O)C(=NOC(C)(C)C(=O)O)c5csc(N)n5)C4SC3)CCCC2)c(=O)c2cc(O)c(O)cc21. The van der Waals surface area contributed by atoms with Crippen molar-refractivity contribution in [3.05, 3.63) is 50.4 Å². The zero-order chi connectivity index (χ0) is 37.7. The summed E-state index contributed by atoms with van der Waals surface area (Å²) in [6.45, 7) is 6.36. The number of nitrogens with zero attached hydrogens (tertiary/aromatic N) is 6. The third-order valence-electron chi connectivity index (χ3n) is 9.34. The topological polar surface area (TPSA) is 260 Å². The number of amides is 2. The van der Waals surface area contributed by atoms with Gasteiger partial charge in [-0.25, -0.2) is 14.6 Å². The largest absolute Gasteiger partial charge is 0.504 e. The first-order chi connectivity index (χ1) is 24.6. The van der Waals surface area contributed by atoms with Crippen molar-refractivity contribution in [3.63, 3.8) is 0 Å². The second-order valence-corrected chi connectivity index (χ2v) is 15.3. The second kappa shape index (κ2) is 13.7. The first-order valence-electron chi connectivity index (χ1n) is 16.3. The number of nitrogens with one attached hydrogen (secondary N) is 1. The number of carboxylic acids is 2. The Balaban J connectivity index is 1.26. The average molecular weight is 758 g/mol. The fourth-order valence-electron chi connectivity index (χ4n) is 6.62. The maximum Gasteiger partial charge on any atom is 0.352 e. The Morgan fingerprint density at radius 1 is 1.13 bits per heavy atom. The number of carbonyl (C=O) groups excluding carboxylic acids is 2. The molecule has 7 N–H and O–H groups in total. The van der Waals surface area contributed by atoms with Gasteiger partial charge in [-0.05, 0) is 26.8 Å². The van der Waals surface area contributed by atoms with Crippen LogP contribution in [-0.2, 0) is 37.1 Å². The van der Waals surface area contributed by atoms with Crippen LogP contribution in [0.5, 0.6) is 11.5 Å². The Bertz CT molecular complexity index is 2120. The molecule has 52 heavy (non-hydrogen) atoms. The molecule has 0 radical (unpaired) electrons. The number of oxime groups is 1. The number of thiazole rings is 1. The number of anilines is 1. The maximum atomic E-state index is 13.7. The van der Waals surface area contributed by atoms with Gasteiger partial charge in [0, 0.05) is 42.2 Å². The molecule has 0 bridgehead atoms. The molecule has 2 amide bonds. The average Bonchev–Trinajstić information content (AvgIpc) is 3.74. The summed E-state index contributed by atoms with van der Waals surface area (Å²) in [5.74, 6) is -4.80. The normalized spacial score (nSPS) is 20.1. The third kappa shape index (κ3) is 6.63. The van der Waals surface area contributed by atoms with Crippen LogP contribution in [0.4, 0.5) is 5.13 Å². The second-order valence-electron chi connectivity index (χ2n) is 13.3. The molecule has 2 atom stereocenters. The fourth-order valence-corrected chi connectivity index (χ4v) is 8.50. The molecule has 2 aromatic heterocycles. The molecule has 2 unspecified atom stereocenters. The summed E-state index contributed by atoms with van der Waals surface area (Å²) < 4.78 is 1.90. The predicted octanol–water partition coefficient (Wildman–Crippen LogP) is 1.000. The quantitative estimate of drug-likeness (QED) is 0.0496. The zero-order valence-electron chi connectivity index (χ0n) is 28.4. The van der Waals surface area contributed by atoms with Gasteiger partial charge in [-0.15, -0.1) is 23.1 Å². The van der Waals surface area contributed by atoms with Crippen molar-refractivity contribution in [1.29, 1.82) is 0 Å². The summed E-state index contributed by atoms with van der Waals surface area (Å²) >= 11 is 2.28. The van der Waals surface area contributed by atoms with Crippen LogP contribution in [0.15, 0.2) is 38.7 Å². The van der Waals surface area contributed by atoms with Crippen LogP contribution in [0.3, 0.4) is 0 Å². The van der Waals surface area contributed by atoms with Crippen molar-refractivity contribution in [2.24, 2.45) is 5.16 Å². The van der Waals surface area contributed by atoms with E-state index in [0.29, 0.717) is 35.2 Å². The van der Waals surface area contributed by atoms with Crippen LogP contribution >= 0.6 is 23.1 Å². The number of phenolic OH excluding ortho intramolecular Hbond substituents is 2. The lowest BCUT2D eigenvalue weighted by atomic mass is 10.0. The number of likely N-dealkylation sites (tertiary alicyclic amines) is 1. The lowest BCUT2D eigenvalue weighted by Gasteiger charge is -2.50. The van der Waals surface area contributed by atoms with Gasteiger partial charge in [0.1, 0.15) is 35.9 Å². The molecule has 2 saturated heterocycles. The molecule has 1 aromatic carbocycles. The molecule has 18 nitrogen and oxygen atoms in total. The summed E-state index contributed by atoms with van der Waals surface area (Å²) in [5.41, 5.74) is 4.03. The molecule has 0 spiro atoms. The number of nitrogens with two attached hydrogens (primary N) is 1. The highest BCUT2D eigenvalue weighted by Gasteiger charge is 2.55. The van der Waals surface area contributed by atoms with Crippen LogP contribution in [-0.4, -0.2) is 116 Å². The molecule has 0 aliphatic carbocycles. The minimum Gasteiger partial charge on any atom is -0.504 e. The molecule has 276 valence electrons. The number of carbonyl (C=O) groups is 4. The summed E-state index contributed by atoms with van der Waals surface area (Å²) in [6, 6.07) is 1.38. The van der Waals surface area contributed by atoms with E-state index in [1.54, 1.807) is 4.68 Å². The predicted molar refractivity (Wildman–Crippen MR) is 188 cm³/mol. The van der Waals surface area contributed by atoms with Crippen LogP contribution in [0.2, 0.25) is 0 Å². The Hall–Kier alpha value is -5.21. The van der Waals surface area contributed by atoms with Gasteiger partial charge < -0.3 is 40.8 Å². The number of aryl methyl sites for hydroxylation is 1. The molecule has 2 fully saturated rings. The molecule has 20 heteroatoms. The maximum absolute atomic E-state index is 13.7. The lowest BCUT2D eigenvalue weighted by Crippen LogP contribution is -2.71. The van der Waals surface area contributed by atoms with Gasteiger partial charge in [0.05, 0.1) is 24.0 Å². The number of β-lactam (4-membered cyclic amide) rings is 1. The molecular weight excluding hydrogens is 721 g/mol. The van der Waals surface area contributed by atoms with Gasteiger partial charge in [-0.2, -0.15) is 5.10 Å². The number of nitrogen functional groups attached to an aromatic ring is 1. The van der Waals surface area contributed by atoms with Crippen molar-refractivity contribution in [1.82, 2.24) is 25.0 Å². The third-order valence-corrected chi connectivity index (χ3v) is 11.4. The number of aromatic hydroxyl groups is 2. The molecule has 3 aliphatic rings. The summed E-state index contributed by atoms with van der Waals surface area (Å²) in [5, 5.41) is 51.9. The number of carboxylic acid groups (broad SMARTS) is 2. The van der Waals surface area contributed by atoms with Crippen LogP contribution in [0.25, 0.3) is 10.9 Å². The van der Waals surface area contributed by atoms with Crippen molar-refractivity contribution >= 4 is 68.6 Å². The van der Waals surface area contributed by atoms with Crippen LogP contribution in [0, 0.1) is 0 Å². The van der Waals surface area contributed by atoms with Crippen molar-refractivity contribution < 1.29 is 48.9 Å². The van der Waals surface area contributed by atoms with Crippen molar-refractivity contribution in [3.8, 4) is 11.5 Å². The van der Waals surface area contributed by atoms with E-state index >= 15 is 0 Å². The van der Waals surface area contributed by atoms with Gasteiger partial charge in [-0.3, -0.25) is 24.0 Å².